The van der Waals surface area contributed by atoms with Crippen LogP contribution in [0.2, 0.25) is 0 Å². The number of likely N-dealkylation sites (N-methyl/N-ethyl adjacent to an activating group) is 12. The first kappa shape index (κ1) is 118. The average Bonchev–Trinajstić information content (AvgIpc) is 0.860. The number of benzene rings is 1. The molecular weight excluding hydrogens is 1550 g/mol. The van der Waals surface area contributed by atoms with Crippen molar-refractivity contribution in [3.8, 4) is 0 Å². The molecule has 0 spiro atoms. The van der Waals surface area contributed by atoms with E-state index in [1.54, 1.807) is 6.92 Å². The number of nitrogens with zero attached hydrogens (tertiary/aromatic N) is 12. The van der Waals surface area contributed by atoms with E-state index in [9.17, 15) is 47.9 Å². The quantitative estimate of drug-likeness (QED) is 0.0283. The Morgan fingerprint density at radius 3 is 0.975 bits per heavy atom. The van der Waals surface area contributed by atoms with Gasteiger partial charge in [0.1, 0.15) is 24.0 Å². The van der Waals surface area contributed by atoms with Crippen LogP contribution in [0.4, 0.5) is 0 Å². The summed E-state index contributed by atoms with van der Waals surface area (Å²) in [6.45, 7) is 37.0. The van der Waals surface area contributed by atoms with E-state index in [2.05, 4.69) is 210 Å². The normalized spacial score (nSPS) is 12.9. The van der Waals surface area contributed by atoms with Gasteiger partial charge < -0.3 is 95.4 Å². The fraction of sp³-hybridized carbons (Fsp3) is 0.828. The Hall–Kier alpha value is -5.96. The number of hydrogen-bond donors (Lipinski definition) is 6. The number of ether oxygens (including phenoxy) is 1. The molecule has 5 atom stereocenters. The van der Waals surface area contributed by atoms with Crippen molar-refractivity contribution < 1.29 is 52.7 Å². The lowest BCUT2D eigenvalue weighted by molar-refractivity contribution is -0.147. The number of carbonyl (C=O) groups is 10. The van der Waals surface area contributed by atoms with Gasteiger partial charge in [-0.05, 0) is 156 Å². The van der Waals surface area contributed by atoms with Crippen molar-refractivity contribution in [1.82, 2.24) is 90.7 Å². The Morgan fingerprint density at radius 2 is 0.590 bits per heavy atom. The van der Waals surface area contributed by atoms with Gasteiger partial charge in [-0.2, -0.15) is 0 Å². The van der Waals surface area contributed by atoms with Crippen LogP contribution >= 0.6 is 0 Å². The van der Waals surface area contributed by atoms with Gasteiger partial charge in [-0.3, -0.25) is 47.9 Å². The highest BCUT2D eigenvalue weighted by Crippen LogP contribution is 2.24. The number of ketones is 3. The molecule has 0 aliphatic rings. The van der Waals surface area contributed by atoms with Gasteiger partial charge >= 0.3 is 5.97 Å². The smallest absolute Gasteiger partial charge is 0.306 e. The Morgan fingerprint density at radius 1 is 0.287 bits per heavy atom. The molecule has 5 unspecified atom stereocenters. The Kier molecular flexibility index (Phi) is 73.8. The lowest BCUT2D eigenvalue weighted by Crippen LogP contribution is -2.41. The van der Waals surface area contributed by atoms with Crippen LogP contribution in [0, 0.1) is 29.6 Å². The van der Waals surface area contributed by atoms with Gasteiger partial charge in [0.05, 0.1) is 18.3 Å². The van der Waals surface area contributed by atoms with E-state index >= 15 is 0 Å². The number of unbranched alkanes of at least 4 members (excludes halogenated alkanes) is 8. The molecule has 1 aromatic carbocycles. The van der Waals surface area contributed by atoms with Gasteiger partial charge in [0, 0.05) is 233 Å². The van der Waals surface area contributed by atoms with Crippen molar-refractivity contribution >= 4 is 58.8 Å². The molecule has 0 aliphatic carbocycles. The topological polar surface area (TPSA) is 291 Å². The van der Waals surface area contributed by atoms with Crippen molar-refractivity contribution in [3.63, 3.8) is 0 Å². The van der Waals surface area contributed by atoms with Gasteiger partial charge in [-0.1, -0.05) is 130 Å². The van der Waals surface area contributed by atoms with Crippen LogP contribution in [-0.2, 0) is 59.3 Å². The predicted molar refractivity (Wildman–Crippen MR) is 501 cm³/mol. The van der Waals surface area contributed by atoms with Crippen LogP contribution in [0.15, 0.2) is 30.3 Å². The molecule has 0 fully saturated rings. The van der Waals surface area contributed by atoms with Crippen LogP contribution in [-0.4, -0.2) is 400 Å². The van der Waals surface area contributed by atoms with Gasteiger partial charge in [0.2, 0.25) is 35.4 Å². The Labute approximate surface area is 742 Å². The molecule has 0 aliphatic heterocycles. The molecule has 122 heavy (non-hydrogen) atoms. The lowest BCUT2D eigenvalue weighted by atomic mass is 9.83. The van der Waals surface area contributed by atoms with Crippen LogP contribution in [0.25, 0.3) is 0 Å². The third-order valence-corrected chi connectivity index (χ3v) is 22.0. The van der Waals surface area contributed by atoms with Crippen molar-refractivity contribution in [2.24, 2.45) is 29.6 Å². The predicted octanol–water partition coefficient (Wildman–Crippen LogP) is 6.98. The minimum absolute atomic E-state index is 0.0879. The first-order valence-electron chi connectivity index (χ1n) is 46.5. The second-order valence-corrected chi connectivity index (χ2v) is 35.3. The van der Waals surface area contributed by atoms with E-state index in [1.807, 2.05) is 58.3 Å². The third kappa shape index (κ3) is 69.3. The largest absolute Gasteiger partial charge is 0.461 e. The fourth-order valence-corrected chi connectivity index (χ4v) is 12.9. The zero-order valence-electron chi connectivity index (χ0n) is 81.5. The first-order chi connectivity index (χ1) is 58.0. The molecule has 0 aromatic heterocycles. The summed E-state index contributed by atoms with van der Waals surface area (Å²) in [5.74, 6) is -7.94. The summed E-state index contributed by atoms with van der Waals surface area (Å²) in [7, 11) is 31.6. The molecule has 1 aromatic rings. The van der Waals surface area contributed by atoms with Crippen molar-refractivity contribution in [1.29, 1.82) is 0 Å². The SMILES string of the molecule is CCCCCCNC(=O)CC(CC(=O)CC(CC)C(=O)NCCCCCC)C(=O)CC(CC(=O)CC(CC(=O)NCCN(C)CCN(C)CCN(C)CCN(C)C)C(=O)NCCCC)C(=O)NCCN(C)CCN(C)CCN(C)CCN(C)C.CCCCNC(=O)C(C)CC(=O)OCc1ccccc1.CCCN(C)CCN(C)CCN(C)CCN(C)C. The number of carbonyl (C=O) groups excluding carboxylic acids is 10. The number of esters is 1. The highest BCUT2D eigenvalue weighted by Gasteiger charge is 2.34. The van der Waals surface area contributed by atoms with E-state index in [-0.39, 0.29) is 87.1 Å². The lowest BCUT2D eigenvalue weighted by Gasteiger charge is -2.25. The summed E-state index contributed by atoms with van der Waals surface area (Å²) < 4.78 is 5.16. The number of hydrogen-bond acceptors (Lipinski definition) is 23. The monoisotopic (exact) mass is 1730 g/mol. The summed E-state index contributed by atoms with van der Waals surface area (Å²) >= 11 is 0. The molecule has 6 amide bonds. The molecule has 0 heterocycles. The van der Waals surface area contributed by atoms with Gasteiger partial charge in [0.25, 0.3) is 0 Å². The third-order valence-electron chi connectivity index (χ3n) is 22.0. The summed E-state index contributed by atoms with van der Waals surface area (Å²) in [6.07, 6.45) is 10.9. The minimum atomic E-state index is -1.18. The second-order valence-electron chi connectivity index (χ2n) is 35.3. The molecule has 0 saturated heterocycles. The molecule has 6 N–H and O–H groups in total. The molecule has 1 rings (SSSR count). The first-order valence-corrected chi connectivity index (χ1v) is 46.5. The van der Waals surface area contributed by atoms with Crippen LogP contribution in [0.3, 0.4) is 0 Å². The molecule has 0 radical (unpaired) electrons. The van der Waals surface area contributed by atoms with Gasteiger partial charge in [0.15, 0.2) is 0 Å². The van der Waals surface area contributed by atoms with Gasteiger partial charge in [-0.25, -0.2) is 0 Å². The highest BCUT2D eigenvalue weighted by atomic mass is 16.5. The average molecular weight is 1730 g/mol. The molecule has 29 nitrogen and oxygen atoms in total. The van der Waals surface area contributed by atoms with Crippen LogP contribution < -0.4 is 31.9 Å². The zero-order chi connectivity index (χ0) is 92.0. The van der Waals surface area contributed by atoms with Gasteiger partial charge in [-0.15, -0.1) is 0 Å². The maximum absolute atomic E-state index is 14.6. The fourth-order valence-electron chi connectivity index (χ4n) is 12.9. The minimum Gasteiger partial charge on any atom is -0.461 e. The van der Waals surface area contributed by atoms with Crippen LogP contribution in [0.1, 0.15) is 195 Å². The summed E-state index contributed by atoms with van der Waals surface area (Å²) in [5, 5.41) is 17.5. The number of nitrogens with one attached hydrogen (secondary N) is 6. The molecule has 29 heteroatoms. The van der Waals surface area contributed by atoms with Crippen molar-refractivity contribution in [2.45, 2.75) is 196 Å². The highest BCUT2D eigenvalue weighted by molar-refractivity contribution is 5.97. The molecule has 710 valence electrons. The maximum Gasteiger partial charge on any atom is 0.306 e. The maximum atomic E-state index is 14.6. The van der Waals surface area contributed by atoms with E-state index in [0.717, 1.165) is 187 Å². The summed E-state index contributed by atoms with van der Waals surface area (Å²) in [5.41, 5.74) is 0.945. The number of Topliss-reactive ketones (excluding diaryl/α,β-unsaturated/α-hetero) is 3. The number of amides is 6. The van der Waals surface area contributed by atoms with E-state index < -0.39 is 65.8 Å². The molecule has 0 bridgehead atoms. The molecular formula is C93H182N18O11. The van der Waals surface area contributed by atoms with E-state index in [1.165, 1.54) is 19.5 Å². The van der Waals surface area contributed by atoms with Crippen LogP contribution in [0.5, 0.6) is 0 Å². The second kappa shape index (κ2) is 76.3. The van der Waals surface area contributed by atoms with E-state index in [0.29, 0.717) is 58.7 Å². The summed E-state index contributed by atoms with van der Waals surface area (Å²) in [6, 6.07) is 9.50. The Balaban J connectivity index is 0. The van der Waals surface area contributed by atoms with Crippen molar-refractivity contribution in [3.05, 3.63) is 35.9 Å². The summed E-state index contributed by atoms with van der Waals surface area (Å²) in [4.78, 5) is 162. The zero-order valence-corrected chi connectivity index (χ0v) is 81.5. The standard InChI is InChI=1S/C63H125N13O8.C16H23NO3.C14H34N4/c1-15-19-22-24-27-64-59(80)50-53(46-56(77)45-52(18-4)61(82)67-28-25-23-20-16-2)58(79)49-54(62(83)68-30-32-72(10)38-40-76(14)44-42-74(12)36-34-70(7)8)47-57(78)48-55(63(84)66-26-21-17-3)51-60(81)65-29-31-71(9)37-39-75(13)43-41-73(11)35-33-69(5)6;1-3-4-10-17-16(19)13(2)11-15(18)20-12-14-8-6-5-7-9-14;1-7-8-16(4)11-12-18(6)14-13-17(5)10-9-15(2)3/h52-55H,15-51H2,1-14H3,(H,64,80)(H,65,81)(H,66,84)(H,67,82)(H,68,83);5-9,13H,3-4,10-12H2,1-2H3,(H,17,19);7-14H2,1-6H3. The van der Waals surface area contributed by atoms with Crippen molar-refractivity contribution in [2.75, 3.05) is 282 Å². The number of rotatable bonds is 75. The molecule has 0 saturated carbocycles. The Bertz CT molecular complexity index is 2870. The van der Waals surface area contributed by atoms with E-state index in [4.69, 9.17) is 4.74 Å².